The first-order valence-electron chi connectivity index (χ1n) is 14.0. The second-order valence-electron chi connectivity index (χ2n) is 13.9. The molecule has 2 aliphatic carbocycles. The van der Waals surface area contributed by atoms with E-state index in [1.807, 2.05) is 20.8 Å². The lowest BCUT2D eigenvalue weighted by Crippen LogP contribution is -2.45. The quantitative estimate of drug-likeness (QED) is 0.385. The SMILES string of the molecule is CCCC(C)(C)[C@H]1CC[C@]2(C)C3C(C)=C(CC[C@H](C)CNC(=O)OC(C)(C)C)O[C@H]3C[C@H]2[C@@H]1C. The number of fused-ring (bicyclic) bond motifs is 3. The lowest BCUT2D eigenvalue weighted by atomic mass is 9.53. The zero-order chi connectivity index (χ0) is 25.5. The fraction of sp³-hybridized carbons (Fsp3) is 0.900. The summed E-state index contributed by atoms with van der Waals surface area (Å²) >= 11 is 0. The van der Waals surface area contributed by atoms with Crippen molar-refractivity contribution < 1.29 is 14.3 Å². The van der Waals surface area contributed by atoms with Crippen LogP contribution in [0.5, 0.6) is 0 Å². The van der Waals surface area contributed by atoms with Crippen LogP contribution in [-0.4, -0.2) is 24.3 Å². The summed E-state index contributed by atoms with van der Waals surface area (Å²) < 4.78 is 12.0. The summed E-state index contributed by atoms with van der Waals surface area (Å²) in [6.45, 7) is 23.3. The van der Waals surface area contributed by atoms with Gasteiger partial charge in [-0.3, -0.25) is 0 Å². The van der Waals surface area contributed by atoms with Crippen molar-refractivity contribution in [1.82, 2.24) is 5.32 Å². The van der Waals surface area contributed by atoms with Gasteiger partial charge in [0.2, 0.25) is 0 Å². The minimum atomic E-state index is -0.457. The van der Waals surface area contributed by atoms with Crippen molar-refractivity contribution in [2.24, 2.45) is 40.4 Å². The van der Waals surface area contributed by atoms with E-state index < -0.39 is 5.60 Å². The monoisotopic (exact) mass is 475 g/mol. The van der Waals surface area contributed by atoms with Crippen LogP contribution in [0.25, 0.3) is 0 Å². The average Bonchev–Trinajstić information content (AvgIpc) is 3.18. The Hall–Kier alpha value is -1.19. The second-order valence-corrected chi connectivity index (χ2v) is 13.9. The maximum Gasteiger partial charge on any atom is 0.407 e. The van der Waals surface area contributed by atoms with Crippen molar-refractivity contribution in [3.8, 4) is 0 Å². The first kappa shape index (κ1) is 27.4. The van der Waals surface area contributed by atoms with Gasteiger partial charge in [-0.1, -0.05) is 48.0 Å². The highest BCUT2D eigenvalue weighted by Gasteiger charge is 2.61. The number of ether oxygens (including phenoxy) is 2. The lowest BCUT2D eigenvalue weighted by molar-refractivity contribution is -0.0229. The topological polar surface area (TPSA) is 47.6 Å². The predicted molar refractivity (Wildman–Crippen MR) is 140 cm³/mol. The summed E-state index contributed by atoms with van der Waals surface area (Å²) in [5.41, 5.74) is 1.87. The number of carbonyl (C=O) groups excluding carboxylic acids is 1. The molecule has 0 spiro atoms. The molecule has 4 nitrogen and oxygen atoms in total. The van der Waals surface area contributed by atoms with Crippen molar-refractivity contribution in [2.75, 3.05) is 6.54 Å². The van der Waals surface area contributed by atoms with Gasteiger partial charge in [0, 0.05) is 18.9 Å². The molecule has 3 rings (SSSR count). The van der Waals surface area contributed by atoms with Gasteiger partial charge < -0.3 is 14.8 Å². The first-order chi connectivity index (χ1) is 15.7. The molecule has 1 aliphatic heterocycles. The summed E-state index contributed by atoms with van der Waals surface area (Å²) in [6.07, 6.45) is 8.57. The summed E-state index contributed by atoms with van der Waals surface area (Å²) in [6, 6.07) is 0. The zero-order valence-corrected chi connectivity index (χ0v) is 23.8. The van der Waals surface area contributed by atoms with E-state index in [9.17, 15) is 4.79 Å². The maximum atomic E-state index is 12.0. The molecule has 0 aromatic rings. The van der Waals surface area contributed by atoms with E-state index in [0.29, 0.717) is 35.3 Å². The van der Waals surface area contributed by atoms with Gasteiger partial charge in [0.1, 0.15) is 11.7 Å². The number of hydrogen-bond acceptors (Lipinski definition) is 3. The van der Waals surface area contributed by atoms with Crippen LogP contribution in [0.1, 0.15) is 114 Å². The van der Waals surface area contributed by atoms with Crippen LogP contribution in [0, 0.1) is 40.4 Å². The molecule has 196 valence electrons. The van der Waals surface area contributed by atoms with E-state index in [-0.39, 0.29) is 6.09 Å². The minimum Gasteiger partial charge on any atom is -0.494 e. The highest BCUT2D eigenvalue weighted by atomic mass is 16.6. The standard InChI is InChI=1S/C30H53NO3/c1-11-15-29(8,9)22-14-16-30(10)23(20(22)3)17-25-26(30)21(4)24(33-25)13-12-19(2)18-31-27(32)34-28(5,6)7/h19-20,22-23,25-26H,11-18H2,1-10H3,(H,31,32)/t19-,20+,22-,23-,25-,26?,30-/m0/s1. The number of carbonyl (C=O) groups is 1. The molecule has 1 unspecified atom stereocenters. The third-order valence-corrected chi connectivity index (χ3v) is 9.63. The van der Waals surface area contributed by atoms with E-state index in [1.54, 1.807) is 0 Å². The highest BCUT2D eigenvalue weighted by Crippen LogP contribution is 2.65. The van der Waals surface area contributed by atoms with Crippen molar-refractivity contribution in [3.63, 3.8) is 0 Å². The van der Waals surface area contributed by atoms with Crippen LogP contribution < -0.4 is 5.32 Å². The smallest absolute Gasteiger partial charge is 0.407 e. The predicted octanol–water partition coefficient (Wildman–Crippen LogP) is 8.12. The summed E-state index contributed by atoms with van der Waals surface area (Å²) in [4.78, 5) is 12.0. The van der Waals surface area contributed by atoms with Crippen LogP contribution in [0.2, 0.25) is 0 Å². The van der Waals surface area contributed by atoms with E-state index in [0.717, 1.165) is 30.6 Å². The Bertz CT molecular complexity index is 764. The molecule has 0 radical (unpaired) electrons. The highest BCUT2D eigenvalue weighted by molar-refractivity contribution is 5.67. The maximum absolute atomic E-state index is 12.0. The minimum absolute atomic E-state index is 0.327. The van der Waals surface area contributed by atoms with Crippen LogP contribution in [-0.2, 0) is 9.47 Å². The summed E-state index contributed by atoms with van der Waals surface area (Å²) in [5, 5.41) is 2.92. The largest absolute Gasteiger partial charge is 0.494 e. The Kier molecular flexibility index (Phi) is 8.10. The molecule has 0 saturated heterocycles. The van der Waals surface area contributed by atoms with Gasteiger partial charge in [-0.05, 0) is 99.9 Å². The van der Waals surface area contributed by atoms with Crippen molar-refractivity contribution in [1.29, 1.82) is 0 Å². The van der Waals surface area contributed by atoms with E-state index in [1.165, 1.54) is 43.4 Å². The molecule has 1 N–H and O–H groups in total. The van der Waals surface area contributed by atoms with E-state index in [2.05, 4.69) is 53.8 Å². The third kappa shape index (κ3) is 5.62. The number of rotatable bonds is 8. The molecule has 1 amide bonds. The van der Waals surface area contributed by atoms with Gasteiger partial charge in [0.25, 0.3) is 0 Å². The molecule has 0 aromatic heterocycles. The normalized spacial score (nSPS) is 34.4. The number of nitrogens with one attached hydrogen (secondary N) is 1. The van der Waals surface area contributed by atoms with Crippen LogP contribution in [0.3, 0.4) is 0 Å². The molecule has 4 heteroatoms. The Morgan fingerprint density at radius 1 is 1.26 bits per heavy atom. The molecule has 1 heterocycles. The van der Waals surface area contributed by atoms with Crippen LogP contribution >= 0.6 is 0 Å². The number of hydrogen-bond donors (Lipinski definition) is 1. The molecule has 2 fully saturated rings. The van der Waals surface area contributed by atoms with Crippen molar-refractivity contribution in [2.45, 2.75) is 126 Å². The van der Waals surface area contributed by atoms with E-state index >= 15 is 0 Å². The Labute approximate surface area is 210 Å². The van der Waals surface area contributed by atoms with Crippen LogP contribution in [0.15, 0.2) is 11.3 Å². The molecule has 2 saturated carbocycles. The van der Waals surface area contributed by atoms with Gasteiger partial charge in [-0.25, -0.2) is 4.79 Å². The van der Waals surface area contributed by atoms with Crippen molar-refractivity contribution in [3.05, 3.63) is 11.3 Å². The third-order valence-electron chi connectivity index (χ3n) is 9.63. The first-order valence-corrected chi connectivity index (χ1v) is 14.0. The van der Waals surface area contributed by atoms with Crippen molar-refractivity contribution >= 4 is 6.09 Å². The fourth-order valence-electron chi connectivity index (χ4n) is 8.06. The molecule has 34 heavy (non-hydrogen) atoms. The molecule has 7 atom stereocenters. The Balaban J connectivity index is 1.59. The van der Waals surface area contributed by atoms with Gasteiger partial charge in [-0.15, -0.1) is 0 Å². The van der Waals surface area contributed by atoms with Gasteiger partial charge >= 0.3 is 6.09 Å². The Morgan fingerprint density at radius 3 is 2.56 bits per heavy atom. The zero-order valence-electron chi connectivity index (χ0n) is 23.8. The average molecular weight is 476 g/mol. The van der Waals surface area contributed by atoms with Gasteiger partial charge in [-0.2, -0.15) is 0 Å². The molecule has 3 aliphatic rings. The van der Waals surface area contributed by atoms with Gasteiger partial charge in [0.15, 0.2) is 0 Å². The molecule has 0 aromatic carbocycles. The fourth-order valence-corrected chi connectivity index (χ4v) is 8.06. The second kappa shape index (κ2) is 10.1. The van der Waals surface area contributed by atoms with E-state index in [4.69, 9.17) is 9.47 Å². The summed E-state index contributed by atoms with van der Waals surface area (Å²) in [7, 11) is 0. The number of allylic oxidation sites excluding steroid dienone is 1. The molecular formula is C30H53NO3. The number of alkyl carbamates (subject to hydrolysis) is 1. The lowest BCUT2D eigenvalue weighted by Gasteiger charge is -2.52. The van der Waals surface area contributed by atoms with Crippen LogP contribution in [0.4, 0.5) is 4.79 Å². The molecular weight excluding hydrogens is 422 g/mol. The number of amides is 1. The molecule has 0 bridgehead atoms. The van der Waals surface area contributed by atoms with Gasteiger partial charge in [0.05, 0.1) is 5.76 Å². The summed E-state index contributed by atoms with van der Waals surface area (Å²) in [5.74, 6) is 4.57. The Morgan fingerprint density at radius 2 is 1.94 bits per heavy atom.